The molecule has 0 unspecified atom stereocenters. The monoisotopic (exact) mass is 1540 g/mol. The molecule has 109 heavy (non-hydrogen) atoms. The van der Waals surface area contributed by atoms with E-state index in [1.807, 2.05) is 20.8 Å². The third-order valence-electron chi connectivity index (χ3n) is 31.8. The Balaban J connectivity index is 0.000000174. The average molecular weight is 1550 g/mol. The van der Waals surface area contributed by atoms with E-state index in [2.05, 4.69) is 20.8 Å². The first-order chi connectivity index (χ1) is 51.6. The number of aliphatic hydroxyl groups excluding tert-OH is 9. The van der Waals surface area contributed by atoms with Gasteiger partial charge in [0.2, 0.25) is 0 Å². The lowest BCUT2D eigenvalue weighted by atomic mass is 9.42. The molecule has 27 nitrogen and oxygen atoms in total. The summed E-state index contributed by atoms with van der Waals surface area (Å²) in [5.74, 6) is 1.34. The molecule has 0 aromatic rings. The molecule has 8 saturated carbocycles. The van der Waals surface area contributed by atoms with E-state index in [0.29, 0.717) is 37.2 Å². The largest absolute Gasteiger partial charge is 0.458 e. The van der Waals surface area contributed by atoms with Gasteiger partial charge in [-0.05, 0) is 220 Å². The zero-order valence-corrected chi connectivity index (χ0v) is 65.5. The van der Waals surface area contributed by atoms with Gasteiger partial charge in [0.1, 0.15) is 49.8 Å². The lowest BCUT2D eigenvalue weighted by Gasteiger charge is -2.65. The molecule has 41 atom stereocenters. The van der Waals surface area contributed by atoms with Gasteiger partial charge in [0, 0.05) is 61.5 Å². The van der Waals surface area contributed by atoms with E-state index < -0.39 is 170 Å². The van der Waals surface area contributed by atoms with Gasteiger partial charge in [0.15, 0.2) is 37.7 Å². The smallest absolute Gasteiger partial charge is 0.331 e. The summed E-state index contributed by atoms with van der Waals surface area (Å²) in [6.07, 6.45) is 0.392. The Morgan fingerprint density at radius 2 is 0.716 bits per heavy atom. The fourth-order valence-electron chi connectivity index (χ4n) is 25.5. The summed E-state index contributed by atoms with van der Waals surface area (Å²) in [4.78, 5) is 23.9. The minimum absolute atomic E-state index is 0.0243. The number of carbonyl (C=O) groups excluding carboxylic acids is 2. The molecule has 0 spiro atoms. The molecule has 8 heterocycles. The molecule has 0 amide bonds. The van der Waals surface area contributed by atoms with Crippen LogP contribution in [0.1, 0.15) is 217 Å². The molecule has 8 aliphatic heterocycles. The van der Waals surface area contributed by atoms with Crippen LogP contribution in [0.5, 0.6) is 0 Å². The molecule has 16 aliphatic rings. The van der Waals surface area contributed by atoms with Crippen molar-refractivity contribution in [3.8, 4) is 0 Å². The second-order valence-corrected chi connectivity index (χ2v) is 37.6. The van der Waals surface area contributed by atoms with Crippen LogP contribution in [0, 0.1) is 69.0 Å². The molecular formula is C82H128O27. The minimum Gasteiger partial charge on any atom is -0.458 e. The van der Waals surface area contributed by atoms with Gasteiger partial charge in [-0.3, -0.25) is 0 Å². The van der Waals surface area contributed by atoms with Crippen LogP contribution in [0.25, 0.3) is 0 Å². The maximum atomic E-state index is 12.6. The van der Waals surface area contributed by atoms with Gasteiger partial charge >= 0.3 is 11.9 Å². The van der Waals surface area contributed by atoms with Gasteiger partial charge in [0.25, 0.3) is 0 Å². The highest BCUT2D eigenvalue weighted by molar-refractivity contribution is 5.86. The summed E-state index contributed by atoms with van der Waals surface area (Å²) < 4.78 is 84.3. The van der Waals surface area contributed by atoms with Crippen molar-refractivity contribution in [2.45, 2.75) is 394 Å². The highest BCUT2D eigenvalue weighted by Crippen LogP contribution is 2.72. The fraction of sp³-hybridized carbons (Fsp3) is 0.927. The molecule has 0 aromatic carbocycles. The van der Waals surface area contributed by atoms with E-state index in [1.54, 1.807) is 39.8 Å². The number of ether oxygens (including phenoxy) is 14. The van der Waals surface area contributed by atoms with E-state index in [-0.39, 0.29) is 115 Å². The van der Waals surface area contributed by atoms with Crippen LogP contribution in [0.2, 0.25) is 0 Å². The number of rotatable bonds is 14. The predicted octanol–water partition coefficient (Wildman–Crippen LogP) is 5.47. The molecule has 14 fully saturated rings. The van der Waals surface area contributed by atoms with Gasteiger partial charge in [-0.15, -0.1) is 0 Å². The summed E-state index contributed by atoms with van der Waals surface area (Å²) in [6, 6.07) is 0. The van der Waals surface area contributed by atoms with Crippen molar-refractivity contribution in [2.75, 3.05) is 13.2 Å². The van der Waals surface area contributed by atoms with E-state index in [1.165, 1.54) is 0 Å². The van der Waals surface area contributed by atoms with Gasteiger partial charge < -0.3 is 122 Å². The number of cyclic esters (lactones) is 2. The number of esters is 2. The van der Waals surface area contributed by atoms with Crippen LogP contribution in [0.3, 0.4) is 0 Å². The van der Waals surface area contributed by atoms with Gasteiger partial charge in [-0.2, -0.15) is 0 Å². The van der Waals surface area contributed by atoms with Crippen LogP contribution in [-0.2, 0) is 75.9 Å². The third-order valence-corrected chi connectivity index (χ3v) is 31.8. The zero-order valence-electron chi connectivity index (χ0n) is 65.5. The predicted molar refractivity (Wildman–Crippen MR) is 384 cm³/mol. The van der Waals surface area contributed by atoms with E-state index in [9.17, 15) is 65.8 Å². The van der Waals surface area contributed by atoms with Crippen molar-refractivity contribution in [1.82, 2.24) is 0 Å². The molecular weight excluding hydrogens is 1420 g/mol. The Hall–Kier alpha value is -2.50. The summed E-state index contributed by atoms with van der Waals surface area (Å²) in [7, 11) is 0. The molecule has 0 bridgehead atoms. The van der Waals surface area contributed by atoms with E-state index in [0.717, 1.165) is 107 Å². The van der Waals surface area contributed by atoms with Crippen molar-refractivity contribution >= 4 is 11.9 Å². The topological polar surface area (TPSA) is 386 Å². The second kappa shape index (κ2) is 31.4. The number of hydrogen-bond donors (Lipinski definition) is 11. The molecule has 11 N–H and O–H groups in total. The van der Waals surface area contributed by atoms with Gasteiger partial charge in [0.05, 0.1) is 103 Å². The van der Waals surface area contributed by atoms with Crippen LogP contribution >= 0.6 is 0 Å². The Labute approximate surface area is 640 Å². The third kappa shape index (κ3) is 14.9. The Kier molecular flexibility index (Phi) is 23.5. The first-order valence-electron chi connectivity index (χ1n) is 41.8. The van der Waals surface area contributed by atoms with Crippen LogP contribution in [0.4, 0.5) is 0 Å². The quantitative estimate of drug-likeness (QED) is 0.0759. The Morgan fingerprint density at radius 1 is 0.358 bits per heavy atom. The first-order valence-corrected chi connectivity index (χ1v) is 41.8. The number of hydrogen-bond acceptors (Lipinski definition) is 27. The molecule has 27 heteroatoms. The first kappa shape index (κ1) is 81.6. The maximum Gasteiger partial charge on any atom is 0.331 e. The fourth-order valence-corrected chi connectivity index (χ4v) is 25.5. The lowest BCUT2D eigenvalue weighted by Crippen LogP contribution is -2.67. The van der Waals surface area contributed by atoms with Crippen molar-refractivity contribution in [1.29, 1.82) is 0 Å². The molecule has 618 valence electrons. The lowest BCUT2D eigenvalue weighted by molar-refractivity contribution is -0.336. The molecule has 16 rings (SSSR count). The van der Waals surface area contributed by atoms with Crippen molar-refractivity contribution in [2.24, 2.45) is 69.0 Å². The molecule has 8 aliphatic carbocycles. The number of carbonyl (C=O) groups is 2. The molecule has 0 radical (unpaired) electrons. The number of aliphatic hydroxyl groups is 11. The molecule has 0 aromatic heterocycles. The van der Waals surface area contributed by atoms with Crippen molar-refractivity contribution in [3.05, 3.63) is 23.3 Å². The van der Waals surface area contributed by atoms with Gasteiger partial charge in [-0.25, -0.2) is 9.59 Å². The highest BCUT2D eigenvalue weighted by atomic mass is 16.8. The Bertz CT molecular complexity index is 3200. The van der Waals surface area contributed by atoms with Crippen LogP contribution < -0.4 is 0 Å². The van der Waals surface area contributed by atoms with E-state index in [4.69, 9.17) is 66.3 Å². The Morgan fingerprint density at radius 3 is 1.11 bits per heavy atom. The molecule has 6 saturated heterocycles. The second-order valence-electron chi connectivity index (χ2n) is 37.6. The summed E-state index contributed by atoms with van der Waals surface area (Å²) in [5.41, 5.74) is -0.677. The van der Waals surface area contributed by atoms with Crippen molar-refractivity contribution < 1.29 is 132 Å². The normalized spacial score (nSPS) is 55.3. The summed E-state index contributed by atoms with van der Waals surface area (Å²) in [6.45, 7) is 20.3. The highest BCUT2D eigenvalue weighted by Gasteiger charge is 2.72. The maximum absolute atomic E-state index is 12.6. The van der Waals surface area contributed by atoms with Crippen molar-refractivity contribution in [3.63, 3.8) is 0 Å². The average Bonchev–Trinajstić information content (AvgIpc) is 1.63. The van der Waals surface area contributed by atoms with Gasteiger partial charge in [-0.1, -0.05) is 27.7 Å². The summed E-state index contributed by atoms with van der Waals surface area (Å²) >= 11 is 0. The van der Waals surface area contributed by atoms with Crippen LogP contribution in [0.15, 0.2) is 23.3 Å². The standard InChI is InChI=1S/C41H64O14.C41H64O13/c1-19-36(47)28(42)15-34(50-19)54-38-21(3)52-35(17-30(38)44)55-37-20(2)51-33(16-29(37)43)53-24-8-10-39(4)23(13-24)6-7-26-27(39)14-31(45)40(5)25(9-11-41(26,40)48)22-12-32(46)49-18-22;1-20-36(46)29(42)16-34(49-20)53-38-22(3)51-35(18-31(38)44)54-37-21(2)50-33(17-30(37)43)52-25-8-11-39(4)24(15-25)6-7-28-27(39)9-12-40(5)26(10-13-41(28,40)47)23-14-32(45)48-19-23/h12,19-21,23-31,33-38,42-45,47-48H,6-11,13-18H2,1-5H3;14,20-22,24-31,33-38,42-44,46-47H,6-13,15-19H2,1-5H3/t19-,20-,21-,23-,24+,25-,26-,27+,28+,29+,30+,31-,33+,34+,35+,36-,37-,38-,39+,40+,41+;20-,21-,22-,24-,25+,26-,27+,28-,29+,30+,31+,33+,34+,35+,36-,37-,38-,39+,40-,41+/m11/s1. The SMILES string of the molecule is C[C@H]1O[C@@H](O[C@H]2[C@@H](O)C[C@H](O[C@H]3[C@@H](O)C[C@H](O[C@H]4CC[C@@]5(C)[C@H](CC[C@@H]6[C@@H]5CC[C@]5(C)[C@@H](C7=CC(=O)OC7)CC[C@]65O)C4)O[C@@H]3C)O[C@@H]2C)C[C@H](O)[C@@H]1O.C[C@H]1O[C@@H](O[C@H]2[C@@H](O)C[C@H](O[C@H]3[C@@H](O)C[C@H](O[C@H]4CC[C@@]5(C)[C@H](CC[C@@H]6[C@@H]5C[C@@H](O)[C@]5(C)[C@@H](C7=CC(=O)OC7)CC[C@]65O)C4)O[C@@H]3C)O[C@@H]2C)C[C@H](O)[C@@H]1O. The zero-order chi connectivity index (χ0) is 77.5. The van der Waals surface area contributed by atoms with E-state index >= 15 is 0 Å². The van der Waals surface area contributed by atoms with Crippen LogP contribution in [-0.4, -0.2) is 258 Å². The number of fused-ring (bicyclic) bond motifs is 10. The summed E-state index contributed by atoms with van der Waals surface area (Å²) in [5, 5.41) is 122. The minimum atomic E-state index is -1.01.